The number of alkyl halides is 3. The standard InChI is InChI=1S/C23H24ClF3N8O2/c1-22(2,37)19(25)9-30-21(36)16-7-28-17(15-8-32-35-10-13(24)5-29-20(15)35)4-18(16)33-14-6-31-34(11-14)12-23(3,26)27/h4-8,10-11,19,37H,9,12H2,1-3H3,(H,28,33)(H,30,36)/t19-/m1/s1. The number of rotatable bonds is 9. The average Bonchev–Trinajstić information content (AvgIpc) is 3.41. The predicted molar refractivity (Wildman–Crippen MR) is 131 cm³/mol. The van der Waals surface area contributed by atoms with Crippen molar-refractivity contribution in [2.45, 2.75) is 45.0 Å². The summed E-state index contributed by atoms with van der Waals surface area (Å²) < 4.78 is 43.5. The normalized spacial score (nSPS) is 13.1. The molecular weight excluding hydrogens is 513 g/mol. The average molecular weight is 537 g/mol. The fourth-order valence-corrected chi connectivity index (χ4v) is 3.54. The molecule has 14 heteroatoms. The van der Waals surface area contributed by atoms with Crippen LogP contribution in [0.4, 0.5) is 24.5 Å². The van der Waals surface area contributed by atoms with Crippen molar-refractivity contribution >= 4 is 34.5 Å². The number of aromatic nitrogens is 6. The monoisotopic (exact) mass is 536 g/mol. The number of carbonyl (C=O) groups is 1. The van der Waals surface area contributed by atoms with Gasteiger partial charge in [0, 0.05) is 25.5 Å². The van der Waals surface area contributed by atoms with Gasteiger partial charge in [0.25, 0.3) is 11.8 Å². The lowest BCUT2D eigenvalue weighted by Crippen LogP contribution is -2.42. The maximum atomic E-state index is 14.2. The van der Waals surface area contributed by atoms with Crippen LogP contribution >= 0.6 is 11.6 Å². The van der Waals surface area contributed by atoms with Crippen LogP contribution in [0.25, 0.3) is 16.9 Å². The molecular formula is C23H24ClF3N8O2. The lowest BCUT2D eigenvalue weighted by atomic mass is 10.0. The molecule has 4 aromatic heterocycles. The van der Waals surface area contributed by atoms with Gasteiger partial charge in [0.05, 0.1) is 64.0 Å². The van der Waals surface area contributed by atoms with Crippen LogP contribution in [-0.2, 0) is 6.54 Å². The van der Waals surface area contributed by atoms with Crippen molar-refractivity contribution < 1.29 is 23.1 Å². The van der Waals surface area contributed by atoms with E-state index in [4.69, 9.17) is 11.6 Å². The topological polar surface area (TPSA) is 122 Å². The molecule has 0 aliphatic carbocycles. The van der Waals surface area contributed by atoms with Crippen molar-refractivity contribution in [3.05, 3.63) is 53.8 Å². The Balaban J connectivity index is 1.68. The zero-order valence-electron chi connectivity index (χ0n) is 20.1. The first kappa shape index (κ1) is 26.4. The Hall–Kier alpha value is -3.71. The smallest absolute Gasteiger partial charge is 0.264 e. The lowest BCUT2D eigenvalue weighted by molar-refractivity contribution is -0.00187. The van der Waals surface area contributed by atoms with E-state index < -0.39 is 36.7 Å². The maximum Gasteiger partial charge on any atom is 0.264 e. The van der Waals surface area contributed by atoms with Crippen molar-refractivity contribution in [3.63, 3.8) is 0 Å². The van der Waals surface area contributed by atoms with E-state index in [1.807, 2.05) is 0 Å². The summed E-state index contributed by atoms with van der Waals surface area (Å²) >= 11 is 5.98. The van der Waals surface area contributed by atoms with E-state index >= 15 is 0 Å². The van der Waals surface area contributed by atoms with Gasteiger partial charge in [-0.3, -0.25) is 14.5 Å². The Morgan fingerprint density at radius 1 is 1.14 bits per heavy atom. The molecule has 0 saturated heterocycles. The second-order valence-corrected chi connectivity index (χ2v) is 9.60. The summed E-state index contributed by atoms with van der Waals surface area (Å²) in [6.07, 6.45) is 6.82. The largest absolute Gasteiger partial charge is 0.387 e. The molecule has 1 amide bonds. The molecule has 3 N–H and O–H groups in total. The highest BCUT2D eigenvalue weighted by atomic mass is 35.5. The third kappa shape index (κ3) is 6.35. The number of fused-ring (bicyclic) bond motifs is 1. The molecule has 196 valence electrons. The van der Waals surface area contributed by atoms with Crippen LogP contribution in [0, 0.1) is 0 Å². The minimum Gasteiger partial charge on any atom is -0.387 e. The summed E-state index contributed by atoms with van der Waals surface area (Å²) in [5.74, 6) is -3.63. The molecule has 0 spiro atoms. The number of halogens is 4. The first-order chi connectivity index (χ1) is 17.3. The van der Waals surface area contributed by atoms with Crippen LogP contribution in [-0.4, -0.2) is 64.6 Å². The Kier molecular flexibility index (Phi) is 7.11. The quantitative estimate of drug-likeness (QED) is 0.297. The molecule has 0 fully saturated rings. The van der Waals surface area contributed by atoms with Crippen molar-refractivity contribution in [1.82, 2.24) is 34.7 Å². The number of hydrogen-bond donors (Lipinski definition) is 3. The van der Waals surface area contributed by atoms with Gasteiger partial charge in [-0.15, -0.1) is 0 Å². The molecule has 4 heterocycles. The molecule has 1 atom stereocenters. The van der Waals surface area contributed by atoms with E-state index in [-0.39, 0.29) is 11.3 Å². The molecule has 0 unspecified atom stereocenters. The van der Waals surface area contributed by atoms with Crippen LogP contribution in [0.5, 0.6) is 0 Å². The van der Waals surface area contributed by atoms with Gasteiger partial charge in [-0.1, -0.05) is 11.6 Å². The zero-order chi connectivity index (χ0) is 27.0. The minimum atomic E-state index is -2.97. The fraction of sp³-hybridized carbons (Fsp3) is 0.348. The molecule has 10 nitrogen and oxygen atoms in total. The second kappa shape index (κ2) is 9.98. The van der Waals surface area contributed by atoms with E-state index in [9.17, 15) is 23.1 Å². The number of nitrogens with one attached hydrogen (secondary N) is 2. The van der Waals surface area contributed by atoms with Gasteiger partial charge >= 0.3 is 0 Å². The van der Waals surface area contributed by atoms with Crippen LogP contribution in [0.1, 0.15) is 31.1 Å². The van der Waals surface area contributed by atoms with Gasteiger partial charge in [0.15, 0.2) is 5.65 Å². The second-order valence-electron chi connectivity index (χ2n) is 9.17. The van der Waals surface area contributed by atoms with Crippen molar-refractivity contribution in [3.8, 4) is 11.3 Å². The summed E-state index contributed by atoms with van der Waals surface area (Å²) in [5, 5.41) is 23.8. The number of nitrogens with zero attached hydrogens (tertiary/aromatic N) is 6. The molecule has 0 saturated carbocycles. The van der Waals surface area contributed by atoms with Gasteiger partial charge in [-0.05, 0) is 19.9 Å². The Labute approximate surface area is 214 Å². The van der Waals surface area contributed by atoms with E-state index in [0.717, 1.165) is 11.6 Å². The van der Waals surface area contributed by atoms with Crippen molar-refractivity contribution in [2.75, 3.05) is 11.9 Å². The predicted octanol–water partition coefficient (Wildman–Crippen LogP) is 3.88. The SMILES string of the molecule is CC(F)(F)Cn1cc(Nc2cc(-c3cnn4cc(Cl)cnc34)ncc2C(=O)NC[C@@H](F)C(C)(C)O)cn1. The van der Waals surface area contributed by atoms with Gasteiger partial charge < -0.3 is 15.7 Å². The molecule has 37 heavy (non-hydrogen) atoms. The number of aliphatic hydroxyl groups is 1. The highest BCUT2D eigenvalue weighted by molar-refractivity contribution is 6.30. The first-order valence-corrected chi connectivity index (χ1v) is 11.5. The Morgan fingerprint density at radius 3 is 2.59 bits per heavy atom. The molecule has 0 aliphatic rings. The highest BCUT2D eigenvalue weighted by Crippen LogP contribution is 2.29. The molecule has 4 aromatic rings. The number of carbonyl (C=O) groups excluding carboxylic acids is 1. The van der Waals surface area contributed by atoms with Crippen LogP contribution in [0.3, 0.4) is 0 Å². The van der Waals surface area contributed by atoms with Gasteiger partial charge in [-0.2, -0.15) is 10.2 Å². The zero-order valence-corrected chi connectivity index (χ0v) is 20.8. The van der Waals surface area contributed by atoms with Crippen LogP contribution < -0.4 is 10.6 Å². The summed E-state index contributed by atoms with van der Waals surface area (Å²) in [5.41, 5.74) is 0.384. The minimum absolute atomic E-state index is 0.0488. The fourth-order valence-electron chi connectivity index (χ4n) is 3.40. The maximum absolute atomic E-state index is 14.2. The summed E-state index contributed by atoms with van der Waals surface area (Å²) in [6.45, 7) is 2.30. The molecule has 0 aromatic carbocycles. The summed E-state index contributed by atoms with van der Waals surface area (Å²) in [6, 6.07) is 1.55. The number of amides is 1. The number of pyridine rings is 1. The van der Waals surface area contributed by atoms with Crippen LogP contribution in [0.2, 0.25) is 5.02 Å². The first-order valence-electron chi connectivity index (χ1n) is 11.1. The van der Waals surface area contributed by atoms with E-state index in [0.29, 0.717) is 27.6 Å². The highest BCUT2D eigenvalue weighted by Gasteiger charge is 2.27. The Morgan fingerprint density at radius 2 is 1.89 bits per heavy atom. The van der Waals surface area contributed by atoms with Crippen LogP contribution in [0.15, 0.2) is 43.2 Å². The van der Waals surface area contributed by atoms with Crippen molar-refractivity contribution in [1.29, 1.82) is 0 Å². The summed E-state index contributed by atoms with van der Waals surface area (Å²) in [7, 11) is 0. The third-order valence-electron chi connectivity index (χ3n) is 5.31. The summed E-state index contributed by atoms with van der Waals surface area (Å²) in [4.78, 5) is 21.6. The molecule has 4 rings (SSSR count). The molecule has 0 radical (unpaired) electrons. The number of anilines is 2. The lowest BCUT2D eigenvalue weighted by Gasteiger charge is -2.22. The number of hydrogen-bond acceptors (Lipinski definition) is 7. The molecule has 0 aliphatic heterocycles. The van der Waals surface area contributed by atoms with Gasteiger partial charge in [-0.25, -0.2) is 22.7 Å². The molecule has 0 bridgehead atoms. The van der Waals surface area contributed by atoms with E-state index in [2.05, 4.69) is 30.8 Å². The van der Waals surface area contributed by atoms with E-state index in [1.54, 1.807) is 12.3 Å². The van der Waals surface area contributed by atoms with Crippen molar-refractivity contribution in [2.24, 2.45) is 0 Å². The van der Waals surface area contributed by atoms with Gasteiger partial charge in [0.1, 0.15) is 12.7 Å². The van der Waals surface area contributed by atoms with E-state index in [1.165, 1.54) is 49.3 Å². The third-order valence-corrected chi connectivity index (χ3v) is 5.50. The van der Waals surface area contributed by atoms with Gasteiger partial charge in [0.2, 0.25) is 0 Å². The Bertz CT molecular complexity index is 1430.